The summed E-state index contributed by atoms with van der Waals surface area (Å²) in [5, 5.41) is 0. The molecule has 0 aromatic rings. The van der Waals surface area contributed by atoms with Gasteiger partial charge in [-0.05, 0) is 25.2 Å². The van der Waals surface area contributed by atoms with Crippen molar-refractivity contribution in [3.8, 4) is 0 Å². The first-order chi connectivity index (χ1) is 6.40. The van der Waals surface area contributed by atoms with Crippen molar-refractivity contribution in [2.75, 3.05) is 32.8 Å². The lowest BCUT2D eigenvalue weighted by Gasteiger charge is -2.26. The van der Waals surface area contributed by atoms with Crippen molar-refractivity contribution in [3.05, 3.63) is 0 Å². The van der Waals surface area contributed by atoms with E-state index < -0.39 is 0 Å². The second-order valence-corrected chi connectivity index (χ2v) is 4.23. The molecule has 76 valence electrons. The maximum Gasteiger partial charge on any atom is 0.0594 e. The fraction of sp³-hybridized carbons (Fsp3) is 1.00. The average molecular weight is 184 g/mol. The summed E-state index contributed by atoms with van der Waals surface area (Å²) in [6, 6.07) is 0.881. The summed E-state index contributed by atoms with van der Waals surface area (Å²) in [6.45, 7) is 4.65. The van der Waals surface area contributed by atoms with Gasteiger partial charge in [-0.3, -0.25) is 4.90 Å². The van der Waals surface area contributed by atoms with Crippen molar-refractivity contribution in [2.45, 2.75) is 25.3 Å². The van der Waals surface area contributed by atoms with E-state index in [0.717, 1.165) is 25.1 Å². The lowest BCUT2D eigenvalue weighted by atomic mass is 10.1. The molecule has 2 fully saturated rings. The molecule has 2 unspecified atom stereocenters. The van der Waals surface area contributed by atoms with E-state index in [2.05, 4.69) is 4.90 Å². The van der Waals surface area contributed by atoms with E-state index in [1.807, 2.05) is 0 Å². The van der Waals surface area contributed by atoms with Crippen LogP contribution in [-0.2, 0) is 4.74 Å². The van der Waals surface area contributed by atoms with Gasteiger partial charge in [0.15, 0.2) is 0 Å². The quantitative estimate of drug-likeness (QED) is 0.630. The molecular formula is C10H20N2O. The van der Waals surface area contributed by atoms with E-state index in [9.17, 15) is 0 Å². The summed E-state index contributed by atoms with van der Waals surface area (Å²) in [5.74, 6) is 1.000. The third-order valence-corrected chi connectivity index (χ3v) is 3.31. The van der Waals surface area contributed by atoms with Crippen molar-refractivity contribution in [1.29, 1.82) is 0 Å². The van der Waals surface area contributed by atoms with Crippen molar-refractivity contribution < 1.29 is 4.74 Å². The van der Waals surface area contributed by atoms with Gasteiger partial charge in [-0.2, -0.15) is 0 Å². The second kappa shape index (κ2) is 4.40. The fourth-order valence-electron chi connectivity index (χ4n) is 2.67. The van der Waals surface area contributed by atoms with Gasteiger partial charge >= 0.3 is 0 Å². The molecule has 0 amide bonds. The minimum absolute atomic E-state index is 0.645. The molecule has 0 aromatic heterocycles. The number of nitrogens with zero attached hydrogens (tertiary/aromatic N) is 1. The van der Waals surface area contributed by atoms with E-state index >= 15 is 0 Å². The van der Waals surface area contributed by atoms with Gasteiger partial charge in [0.25, 0.3) is 0 Å². The summed E-state index contributed by atoms with van der Waals surface area (Å²) in [4.78, 5) is 2.59. The highest BCUT2D eigenvalue weighted by Crippen LogP contribution is 2.36. The number of ether oxygens (including phenoxy) is 1. The van der Waals surface area contributed by atoms with Crippen LogP contribution in [0.1, 0.15) is 19.3 Å². The third-order valence-electron chi connectivity index (χ3n) is 3.31. The van der Waals surface area contributed by atoms with Crippen molar-refractivity contribution in [1.82, 2.24) is 4.90 Å². The largest absolute Gasteiger partial charge is 0.379 e. The van der Waals surface area contributed by atoms with Crippen LogP contribution in [0, 0.1) is 5.92 Å². The van der Waals surface area contributed by atoms with Gasteiger partial charge in [0.2, 0.25) is 0 Å². The number of hydrogen-bond donors (Lipinski definition) is 1. The van der Waals surface area contributed by atoms with Crippen LogP contribution in [0.5, 0.6) is 0 Å². The van der Waals surface area contributed by atoms with Crippen LogP contribution in [0.4, 0.5) is 0 Å². The van der Waals surface area contributed by atoms with Crippen LogP contribution in [0.15, 0.2) is 0 Å². The van der Waals surface area contributed by atoms with E-state index in [1.165, 1.54) is 25.8 Å². The minimum Gasteiger partial charge on any atom is -0.379 e. The van der Waals surface area contributed by atoms with Crippen LogP contribution in [0.3, 0.4) is 0 Å². The van der Waals surface area contributed by atoms with E-state index in [4.69, 9.17) is 10.5 Å². The summed E-state index contributed by atoms with van der Waals surface area (Å²) in [5.41, 5.74) is 5.34. The topological polar surface area (TPSA) is 38.5 Å². The van der Waals surface area contributed by atoms with Crippen molar-refractivity contribution >= 4 is 0 Å². The molecule has 0 spiro atoms. The predicted molar refractivity (Wildman–Crippen MR) is 52.6 cm³/mol. The van der Waals surface area contributed by atoms with Crippen LogP contribution >= 0.6 is 0 Å². The van der Waals surface area contributed by atoms with Gasteiger partial charge in [0.05, 0.1) is 13.2 Å². The SMILES string of the molecule is NCCOCCN1CC2CCC1C2. The molecule has 13 heavy (non-hydrogen) atoms. The molecule has 1 saturated heterocycles. The Hall–Kier alpha value is -0.120. The smallest absolute Gasteiger partial charge is 0.0594 e. The van der Waals surface area contributed by atoms with Crippen LogP contribution < -0.4 is 5.73 Å². The highest BCUT2D eigenvalue weighted by molar-refractivity contribution is 4.91. The van der Waals surface area contributed by atoms with Crippen molar-refractivity contribution in [3.63, 3.8) is 0 Å². The molecule has 2 atom stereocenters. The van der Waals surface area contributed by atoms with E-state index in [-0.39, 0.29) is 0 Å². The second-order valence-electron chi connectivity index (χ2n) is 4.23. The fourth-order valence-corrected chi connectivity index (χ4v) is 2.67. The van der Waals surface area contributed by atoms with Crippen LogP contribution in [0.2, 0.25) is 0 Å². The van der Waals surface area contributed by atoms with Gasteiger partial charge in [0.1, 0.15) is 0 Å². The molecule has 2 bridgehead atoms. The molecule has 3 nitrogen and oxygen atoms in total. The molecular weight excluding hydrogens is 164 g/mol. The lowest BCUT2D eigenvalue weighted by Crippen LogP contribution is -2.35. The number of piperidine rings is 1. The van der Waals surface area contributed by atoms with Gasteiger partial charge < -0.3 is 10.5 Å². The zero-order chi connectivity index (χ0) is 9.10. The highest BCUT2D eigenvalue weighted by atomic mass is 16.5. The third kappa shape index (κ3) is 2.22. The first-order valence-corrected chi connectivity index (χ1v) is 5.42. The number of nitrogens with two attached hydrogens (primary N) is 1. The Balaban J connectivity index is 1.60. The maximum absolute atomic E-state index is 5.39. The monoisotopic (exact) mass is 184 g/mol. The van der Waals surface area contributed by atoms with Crippen molar-refractivity contribution in [2.24, 2.45) is 11.7 Å². The molecule has 1 aliphatic heterocycles. The number of rotatable bonds is 5. The Kier molecular flexibility index (Phi) is 3.19. The summed E-state index contributed by atoms with van der Waals surface area (Å²) in [6.07, 6.45) is 4.32. The standard InChI is InChI=1S/C10H20N2O/c11-3-5-13-6-4-12-8-9-1-2-10(12)7-9/h9-10H,1-8,11H2. The molecule has 0 aromatic carbocycles. The van der Waals surface area contributed by atoms with Gasteiger partial charge in [-0.1, -0.05) is 0 Å². The molecule has 0 radical (unpaired) electrons. The van der Waals surface area contributed by atoms with Crippen LogP contribution in [0.25, 0.3) is 0 Å². The molecule has 3 heteroatoms. The van der Waals surface area contributed by atoms with E-state index in [1.54, 1.807) is 0 Å². The first kappa shape index (κ1) is 9.44. The Morgan fingerprint density at radius 1 is 1.31 bits per heavy atom. The molecule has 1 heterocycles. The molecule has 2 aliphatic rings. The Labute approximate surface area is 80.2 Å². The number of fused-ring (bicyclic) bond motifs is 2. The predicted octanol–water partition coefficient (Wildman–Crippen LogP) is 0.446. The first-order valence-electron chi connectivity index (χ1n) is 5.42. The highest BCUT2D eigenvalue weighted by Gasteiger charge is 2.36. The zero-order valence-corrected chi connectivity index (χ0v) is 8.24. The van der Waals surface area contributed by atoms with Crippen LogP contribution in [-0.4, -0.2) is 43.8 Å². The average Bonchev–Trinajstić information content (AvgIpc) is 2.73. The van der Waals surface area contributed by atoms with E-state index in [0.29, 0.717) is 13.2 Å². The Morgan fingerprint density at radius 3 is 2.85 bits per heavy atom. The summed E-state index contributed by atoms with van der Waals surface area (Å²) < 4.78 is 5.39. The summed E-state index contributed by atoms with van der Waals surface area (Å²) in [7, 11) is 0. The Bertz CT molecular complexity index is 163. The number of hydrogen-bond acceptors (Lipinski definition) is 3. The molecule has 2 rings (SSSR count). The lowest BCUT2D eigenvalue weighted by molar-refractivity contribution is 0.0966. The molecule has 1 saturated carbocycles. The van der Waals surface area contributed by atoms with Gasteiger partial charge in [-0.15, -0.1) is 0 Å². The molecule has 1 aliphatic carbocycles. The molecule has 2 N–H and O–H groups in total. The maximum atomic E-state index is 5.39. The minimum atomic E-state index is 0.645. The normalized spacial score (nSPS) is 33.0. The van der Waals surface area contributed by atoms with Gasteiger partial charge in [-0.25, -0.2) is 0 Å². The number of likely N-dealkylation sites (tertiary alicyclic amines) is 1. The zero-order valence-electron chi connectivity index (χ0n) is 8.24. The van der Waals surface area contributed by atoms with Gasteiger partial charge in [0, 0.05) is 25.7 Å². The summed E-state index contributed by atoms with van der Waals surface area (Å²) >= 11 is 0. The Morgan fingerprint density at radius 2 is 2.23 bits per heavy atom.